The first kappa shape index (κ1) is 35.3. The van der Waals surface area contributed by atoms with E-state index in [-0.39, 0.29) is 38.8 Å². The number of aromatic nitrogens is 1. The second-order valence-electron chi connectivity index (χ2n) is 13.3. The summed E-state index contributed by atoms with van der Waals surface area (Å²) in [6, 6.07) is 3.67. The number of hydrogen-bond donors (Lipinski definition) is 4. The van der Waals surface area contributed by atoms with Gasteiger partial charge in [0.05, 0.1) is 28.8 Å². The fourth-order valence-electron chi connectivity index (χ4n) is 5.49. The second kappa shape index (κ2) is 14.9. The van der Waals surface area contributed by atoms with E-state index in [0.717, 1.165) is 41.0 Å². The summed E-state index contributed by atoms with van der Waals surface area (Å²) in [5.41, 5.74) is 1.59. The fraction of sp³-hybridized carbons (Fsp3) is 0.606. The summed E-state index contributed by atoms with van der Waals surface area (Å²) in [5.74, 6) is -2.04. The van der Waals surface area contributed by atoms with Crippen LogP contribution in [0.4, 0.5) is 4.39 Å². The molecule has 0 radical (unpaired) electrons. The summed E-state index contributed by atoms with van der Waals surface area (Å²) in [4.78, 5) is 57.1. The first-order valence-electron chi connectivity index (χ1n) is 15.8. The number of halogens is 1. The summed E-state index contributed by atoms with van der Waals surface area (Å²) in [6.45, 7) is 7.63. The molecular weight excluding hydrogens is 615 g/mol. The number of nitrogens with zero attached hydrogens (tertiary/aromatic N) is 2. The lowest BCUT2D eigenvalue weighted by atomic mass is 9.85. The quantitative estimate of drug-likeness (QED) is 0.208. The molecule has 1 aromatic carbocycles. The van der Waals surface area contributed by atoms with Crippen molar-refractivity contribution in [2.45, 2.75) is 109 Å². The van der Waals surface area contributed by atoms with Crippen molar-refractivity contribution in [3.8, 4) is 16.2 Å². The minimum Gasteiger partial charge on any atom is -0.493 e. The number of nitrogens with one attached hydrogen (secondary N) is 2. The number of ether oxygens (including phenoxy) is 1. The molecule has 4 rings (SSSR count). The van der Waals surface area contributed by atoms with Crippen molar-refractivity contribution in [1.29, 1.82) is 0 Å². The van der Waals surface area contributed by atoms with Crippen LogP contribution in [-0.2, 0) is 25.7 Å². The normalized spacial score (nSPS) is 19.4. The van der Waals surface area contributed by atoms with E-state index in [4.69, 9.17) is 9.84 Å². The van der Waals surface area contributed by atoms with Gasteiger partial charge in [0.15, 0.2) is 5.67 Å². The molecule has 1 aliphatic heterocycles. The molecule has 2 fully saturated rings. The van der Waals surface area contributed by atoms with Crippen LogP contribution in [0.1, 0.15) is 83.4 Å². The van der Waals surface area contributed by atoms with E-state index in [1.165, 1.54) is 16.2 Å². The minimum absolute atomic E-state index is 0.0320. The highest BCUT2D eigenvalue weighted by molar-refractivity contribution is 7.13. The Kier molecular flexibility index (Phi) is 11.4. The molecule has 1 aromatic heterocycles. The molecule has 4 N–H and O–H groups in total. The van der Waals surface area contributed by atoms with Crippen LogP contribution in [0.15, 0.2) is 23.7 Å². The zero-order chi connectivity index (χ0) is 33.6. The van der Waals surface area contributed by atoms with Gasteiger partial charge in [-0.25, -0.2) is 9.37 Å². The van der Waals surface area contributed by atoms with Crippen molar-refractivity contribution in [2.24, 2.45) is 5.41 Å². The molecule has 11 nitrogen and oxygen atoms in total. The highest BCUT2D eigenvalue weighted by Crippen LogP contribution is 2.40. The zero-order valence-electron chi connectivity index (χ0n) is 26.9. The number of aliphatic hydroxyl groups is 1. The molecule has 1 saturated heterocycles. The van der Waals surface area contributed by atoms with Crippen LogP contribution in [0.25, 0.3) is 10.4 Å². The van der Waals surface area contributed by atoms with E-state index in [0.29, 0.717) is 18.8 Å². The highest BCUT2D eigenvalue weighted by Gasteiger charge is 2.53. The Balaban J connectivity index is 1.44. The first-order valence-corrected chi connectivity index (χ1v) is 16.7. The van der Waals surface area contributed by atoms with Crippen molar-refractivity contribution in [3.05, 3.63) is 35.0 Å². The number of amides is 3. The van der Waals surface area contributed by atoms with Crippen LogP contribution in [0.2, 0.25) is 0 Å². The number of benzene rings is 1. The number of likely N-dealkylation sites (tertiary alicyclic amines) is 1. The Bertz CT molecular complexity index is 1420. The average Bonchev–Trinajstić information content (AvgIpc) is 3.40. The van der Waals surface area contributed by atoms with Crippen LogP contribution in [0, 0.1) is 12.3 Å². The van der Waals surface area contributed by atoms with Crippen LogP contribution < -0.4 is 15.4 Å². The van der Waals surface area contributed by atoms with Crippen LogP contribution >= 0.6 is 11.3 Å². The van der Waals surface area contributed by atoms with E-state index in [1.54, 1.807) is 26.3 Å². The molecule has 13 heteroatoms. The van der Waals surface area contributed by atoms with Gasteiger partial charge in [-0.05, 0) is 49.7 Å². The van der Waals surface area contributed by atoms with Crippen molar-refractivity contribution < 1.29 is 38.5 Å². The van der Waals surface area contributed by atoms with Gasteiger partial charge in [0.1, 0.15) is 17.8 Å². The molecule has 3 atom stereocenters. The van der Waals surface area contributed by atoms with Crippen LogP contribution in [0.3, 0.4) is 0 Å². The number of carboxylic acids is 1. The summed E-state index contributed by atoms with van der Waals surface area (Å²) >= 11 is 1.51. The maximum atomic E-state index is 14.5. The van der Waals surface area contributed by atoms with Crippen molar-refractivity contribution >= 4 is 35.0 Å². The monoisotopic (exact) mass is 660 g/mol. The third-order valence-corrected chi connectivity index (χ3v) is 9.40. The van der Waals surface area contributed by atoms with E-state index >= 15 is 0 Å². The van der Waals surface area contributed by atoms with E-state index in [9.17, 15) is 28.7 Å². The van der Waals surface area contributed by atoms with Gasteiger partial charge in [0.2, 0.25) is 11.8 Å². The molecule has 1 saturated carbocycles. The predicted octanol–water partition coefficient (Wildman–Crippen LogP) is 4.14. The molecule has 2 aliphatic rings. The molecule has 2 aromatic rings. The molecule has 0 spiro atoms. The van der Waals surface area contributed by atoms with Gasteiger partial charge in [-0.3, -0.25) is 19.2 Å². The highest BCUT2D eigenvalue weighted by atomic mass is 32.1. The Morgan fingerprint density at radius 2 is 1.89 bits per heavy atom. The number of hydrogen-bond acceptors (Lipinski definition) is 8. The second-order valence-corrected chi connectivity index (χ2v) is 14.2. The number of thiazole rings is 1. The molecule has 3 amide bonds. The van der Waals surface area contributed by atoms with Crippen LogP contribution in [0.5, 0.6) is 5.75 Å². The van der Waals surface area contributed by atoms with Gasteiger partial charge in [-0.2, -0.15) is 0 Å². The van der Waals surface area contributed by atoms with Crippen molar-refractivity contribution in [1.82, 2.24) is 20.5 Å². The molecule has 2 heterocycles. The number of aliphatic hydroxyl groups excluding tert-OH is 1. The first-order chi connectivity index (χ1) is 21.7. The van der Waals surface area contributed by atoms with E-state index in [1.807, 2.05) is 25.1 Å². The number of carbonyl (C=O) groups excluding carboxylic acids is 3. The zero-order valence-corrected chi connectivity index (χ0v) is 27.8. The number of alkyl halides is 1. The maximum Gasteiger partial charge on any atom is 0.303 e. The average molecular weight is 661 g/mol. The molecule has 1 unspecified atom stereocenters. The predicted molar refractivity (Wildman–Crippen MR) is 171 cm³/mol. The number of rotatable bonds is 15. The van der Waals surface area contributed by atoms with Gasteiger partial charge in [-0.1, -0.05) is 45.7 Å². The van der Waals surface area contributed by atoms with E-state index in [2.05, 4.69) is 15.6 Å². The number of aliphatic carboxylic acids is 1. The SMILES string of the molecule is Cc1ncsc1-c1ccc(CNC(=O)[C@@H]2C[C@@H](O)CN2C(=O)C(NC(=O)C2(F)CC2)C(C)(C)C)c(OCCCCCCC(=O)O)c1. The van der Waals surface area contributed by atoms with Gasteiger partial charge in [0.25, 0.3) is 5.91 Å². The summed E-state index contributed by atoms with van der Waals surface area (Å²) < 4.78 is 20.6. The summed E-state index contributed by atoms with van der Waals surface area (Å²) in [5, 5.41) is 24.8. The largest absolute Gasteiger partial charge is 0.493 e. The number of aryl methyl sites for hydroxylation is 1. The van der Waals surface area contributed by atoms with Crippen molar-refractivity contribution in [2.75, 3.05) is 13.2 Å². The Morgan fingerprint density at radius 1 is 1.17 bits per heavy atom. The number of unbranched alkanes of at least 4 members (excludes halogenated alkanes) is 3. The standard InChI is InChI=1S/C33H45FN4O7S/c1-20-27(46-19-36-20)21-10-11-22(25(15-21)45-14-8-6-5-7-9-26(40)41)17-35-29(42)24-16-23(39)18-38(24)30(43)28(32(2,3)4)37-31(44)33(34)12-13-33/h10-11,15,19,23-24,28,39H,5-9,12-14,16-18H2,1-4H3,(H,35,42)(H,37,44)(H,40,41)/t23-,24+,28?/m1/s1. The van der Waals surface area contributed by atoms with Gasteiger partial charge >= 0.3 is 5.97 Å². The lowest BCUT2D eigenvalue weighted by Gasteiger charge is -2.35. The Morgan fingerprint density at radius 3 is 2.52 bits per heavy atom. The lowest BCUT2D eigenvalue weighted by Crippen LogP contribution is -2.59. The van der Waals surface area contributed by atoms with E-state index < -0.39 is 53.0 Å². The molecular formula is C33H45FN4O7S. The van der Waals surface area contributed by atoms with Gasteiger partial charge in [0, 0.05) is 31.5 Å². The fourth-order valence-corrected chi connectivity index (χ4v) is 6.29. The smallest absolute Gasteiger partial charge is 0.303 e. The molecule has 1 aliphatic carbocycles. The van der Waals surface area contributed by atoms with Crippen molar-refractivity contribution in [3.63, 3.8) is 0 Å². The third kappa shape index (κ3) is 9.03. The van der Waals surface area contributed by atoms with Crippen LogP contribution in [-0.4, -0.2) is 80.8 Å². The number of carbonyl (C=O) groups is 4. The molecule has 252 valence electrons. The number of β-amino-alcohol motifs (C(OH)–C–C–N with tert-alkyl or cyclic N) is 1. The number of carboxylic acid groups (broad SMARTS) is 1. The van der Waals surface area contributed by atoms with Gasteiger partial charge in [-0.15, -0.1) is 11.3 Å². The maximum absolute atomic E-state index is 14.5. The summed E-state index contributed by atoms with van der Waals surface area (Å²) in [6.07, 6.45) is 2.43. The molecule has 0 bridgehead atoms. The Labute approximate surface area is 272 Å². The third-order valence-electron chi connectivity index (χ3n) is 8.42. The molecule has 46 heavy (non-hydrogen) atoms. The minimum atomic E-state index is -1.96. The summed E-state index contributed by atoms with van der Waals surface area (Å²) in [7, 11) is 0. The van der Waals surface area contributed by atoms with Gasteiger partial charge < -0.3 is 30.5 Å². The topological polar surface area (TPSA) is 158 Å². The lowest BCUT2D eigenvalue weighted by molar-refractivity contribution is -0.145. The Hall–Kier alpha value is -3.58.